The lowest BCUT2D eigenvalue weighted by molar-refractivity contribution is -0.133. The molecule has 0 aliphatic heterocycles. The molecule has 0 aliphatic carbocycles. The minimum Gasteiger partial charge on any atom is -0.348 e. The molecule has 0 aromatic carbocycles. The molecule has 0 aromatic heterocycles. The van der Waals surface area contributed by atoms with Crippen molar-refractivity contribution in [3.8, 4) is 0 Å². The van der Waals surface area contributed by atoms with Gasteiger partial charge in [-0.25, -0.2) is 0 Å². The topological polar surface area (TPSA) is 61.2 Å². The summed E-state index contributed by atoms with van der Waals surface area (Å²) in [5.41, 5.74) is 6.42. The van der Waals surface area contributed by atoms with Gasteiger partial charge in [-0.2, -0.15) is 0 Å². The fourth-order valence-corrected chi connectivity index (χ4v) is 0.295. The third kappa shape index (κ3) is 3.52. The van der Waals surface area contributed by atoms with Crippen LogP contribution in [0.4, 0.5) is 0 Å². The molecule has 4 nitrogen and oxygen atoms in total. The molecule has 2 amide bonds. The molecular formula is C5H9N2O2. The molecule has 0 atom stereocenters. The Kier molecular flexibility index (Phi) is 2.70. The first-order valence-corrected chi connectivity index (χ1v) is 2.48. The Morgan fingerprint density at radius 2 is 1.89 bits per heavy atom. The lowest BCUT2D eigenvalue weighted by Crippen LogP contribution is -2.24. The van der Waals surface area contributed by atoms with Crippen LogP contribution in [0.3, 0.4) is 0 Å². The van der Waals surface area contributed by atoms with Crippen LogP contribution in [0.5, 0.6) is 0 Å². The number of amides is 2. The van der Waals surface area contributed by atoms with Gasteiger partial charge in [-0.3, -0.25) is 15.3 Å². The van der Waals surface area contributed by atoms with Gasteiger partial charge in [-0.05, 0) is 0 Å². The van der Waals surface area contributed by atoms with E-state index in [9.17, 15) is 9.59 Å². The second-order valence-electron chi connectivity index (χ2n) is 1.89. The number of hydrogen-bond donors (Lipinski definition) is 0. The van der Waals surface area contributed by atoms with Crippen molar-refractivity contribution in [2.24, 2.45) is 0 Å². The highest BCUT2D eigenvalue weighted by molar-refractivity contribution is 5.95. The summed E-state index contributed by atoms with van der Waals surface area (Å²) in [6, 6.07) is 0. The van der Waals surface area contributed by atoms with Crippen LogP contribution in [-0.2, 0) is 9.59 Å². The zero-order valence-corrected chi connectivity index (χ0v) is 5.47. The largest absolute Gasteiger partial charge is 0.348 e. The summed E-state index contributed by atoms with van der Waals surface area (Å²) >= 11 is 0. The highest BCUT2D eigenvalue weighted by Crippen LogP contribution is 1.84. The van der Waals surface area contributed by atoms with Gasteiger partial charge < -0.3 is 4.90 Å². The van der Waals surface area contributed by atoms with Gasteiger partial charge in [0.2, 0.25) is 11.8 Å². The first-order valence-electron chi connectivity index (χ1n) is 2.48. The quantitative estimate of drug-likeness (QED) is 0.461. The highest BCUT2D eigenvalue weighted by atomic mass is 16.2. The third-order valence-electron chi connectivity index (χ3n) is 0.811. The van der Waals surface area contributed by atoms with E-state index in [1.807, 2.05) is 0 Å². The Balaban J connectivity index is 3.64. The lowest BCUT2D eigenvalue weighted by atomic mass is 10.4. The smallest absolute Gasteiger partial charge is 0.247 e. The number of carbonyl (C=O) groups excluding carboxylic acids is 2. The van der Waals surface area contributed by atoms with E-state index in [2.05, 4.69) is 0 Å². The van der Waals surface area contributed by atoms with E-state index >= 15 is 0 Å². The molecular weight excluding hydrogens is 120 g/mol. The average molecular weight is 129 g/mol. The van der Waals surface area contributed by atoms with Crippen molar-refractivity contribution in [2.75, 3.05) is 14.1 Å². The van der Waals surface area contributed by atoms with Crippen LogP contribution >= 0.6 is 0 Å². The van der Waals surface area contributed by atoms with Crippen LogP contribution in [0.2, 0.25) is 0 Å². The number of rotatable bonds is 2. The summed E-state index contributed by atoms with van der Waals surface area (Å²) in [7, 11) is 3.09. The number of carbonyl (C=O) groups is 2. The van der Waals surface area contributed by atoms with Crippen LogP contribution in [0.25, 0.3) is 0 Å². The molecule has 9 heavy (non-hydrogen) atoms. The Bertz CT molecular complexity index is 131. The van der Waals surface area contributed by atoms with E-state index in [4.69, 9.17) is 5.73 Å². The summed E-state index contributed by atoms with van der Waals surface area (Å²) in [5, 5.41) is 0. The predicted molar refractivity (Wildman–Crippen MR) is 31.4 cm³/mol. The van der Waals surface area contributed by atoms with Gasteiger partial charge >= 0.3 is 0 Å². The van der Waals surface area contributed by atoms with E-state index in [0.29, 0.717) is 0 Å². The maximum absolute atomic E-state index is 10.5. The number of nitrogens with one attached hydrogen (secondary N) is 1. The molecule has 0 bridgehead atoms. The molecule has 0 aromatic rings. The van der Waals surface area contributed by atoms with E-state index in [1.165, 1.54) is 4.90 Å². The van der Waals surface area contributed by atoms with Gasteiger partial charge in [0.15, 0.2) is 0 Å². The minimum absolute atomic E-state index is 0.312. The molecule has 1 radical (unpaired) electrons. The normalized spacial score (nSPS) is 8.67. The third-order valence-corrected chi connectivity index (χ3v) is 0.811. The van der Waals surface area contributed by atoms with Crippen molar-refractivity contribution >= 4 is 11.8 Å². The van der Waals surface area contributed by atoms with Crippen molar-refractivity contribution in [2.45, 2.75) is 6.42 Å². The molecule has 4 heteroatoms. The van der Waals surface area contributed by atoms with Crippen LogP contribution in [0.15, 0.2) is 0 Å². The molecule has 0 spiro atoms. The van der Waals surface area contributed by atoms with Gasteiger partial charge in [0.05, 0.1) is 0 Å². The van der Waals surface area contributed by atoms with Crippen molar-refractivity contribution in [3.63, 3.8) is 0 Å². The van der Waals surface area contributed by atoms with Gasteiger partial charge in [0.25, 0.3) is 0 Å². The summed E-state index contributed by atoms with van der Waals surface area (Å²) in [6.07, 6.45) is -0.312. The summed E-state index contributed by atoms with van der Waals surface area (Å²) in [6.45, 7) is 0. The van der Waals surface area contributed by atoms with Crippen molar-refractivity contribution in [1.82, 2.24) is 10.6 Å². The second-order valence-corrected chi connectivity index (χ2v) is 1.89. The molecule has 51 valence electrons. The zero-order chi connectivity index (χ0) is 7.44. The monoisotopic (exact) mass is 129 g/mol. The van der Waals surface area contributed by atoms with Gasteiger partial charge in [-0.1, -0.05) is 0 Å². The summed E-state index contributed by atoms with van der Waals surface area (Å²) < 4.78 is 0. The fourth-order valence-electron chi connectivity index (χ4n) is 0.295. The van der Waals surface area contributed by atoms with Crippen molar-refractivity contribution < 1.29 is 9.59 Å². The van der Waals surface area contributed by atoms with E-state index in [1.54, 1.807) is 14.1 Å². The Hall–Kier alpha value is -1.06. The molecule has 0 saturated carbocycles. The Labute approximate surface area is 53.6 Å². The average Bonchev–Trinajstić information content (AvgIpc) is 1.63. The van der Waals surface area contributed by atoms with Crippen molar-refractivity contribution in [1.29, 1.82) is 0 Å². The summed E-state index contributed by atoms with van der Waals surface area (Å²) in [4.78, 5) is 21.8. The lowest BCUT2D eigenvalue weighted by Gasteiger charge is -2.06. The molecule has 0 heterocycles. The van der Waals surface area contributed by atoms with E-state index in [-0.39, 0.29) is 12.3 Å². The Morgan fingerprint density at radius 3 is 2.00 bits per heavy atom. The van der Waals surface area contributed by atoms with Crippen LogP contribution in [-0.4, -0.2) is 30.8 Å². The molecule has 0 fully saturated rings. The van der Waals surface area contributed by atoms with Crippen molar-refractivity contribution in [3.05, 3.63) is 0 Å². The SMILES string of the molecule is CN(C)C(=O)CC([NH])=O. The maximum atomic E-state index is 10.5. The van der Waals surface area contributed by atoms with Crippen LogP contribution in [0.1, 0.15) is 6.42 Å². The number of nitrogens with zero attached hydrogens (tertiary/aromatic N) is 1. The van der Waals surface area contributed by atoms with Crippen LogP contribution < -0.4 is 5.73 Å². The molecule has 0 rings (SSSR count). The number of hydrogen-bond acceptors (Lipinski definition) is 2. The second kappa shape index (κ2) is 3.06. The molecule has 1 N–H and O–H groups in total. The van der Waals surface area contributed by atoms with Gasteiger partial charge in [0, 0.05) is 14.1 Å². The first-order chi connectivity index (χ1) is 4.04. The molecule has 0 unspecified atom stereocenters. The highest BCUT2D eigenvalue weighted by Gasteiger charge is 2.06. The zero-order valence-electron chi connectivity index (χ0n) is 5.47. The Morgan fingerprint density at radius 1 is 1.44 bits per heavy atom. The summed E-state index contributed by atoms with van der Waals surface area (Å²) in [5.74, 6) is -1.16. The van der Waals surface area contributed by atoms with Crippen LogP contribution in [0, 0.1) is 0 Å². The van der Waals surface area contributed by atoms with E-state index in [0.717, 1.165) is 0 Å². The van der Waals surface area contributed by atoms with E-state index < -0.39 is 5.91 Å². The predicted octanol–water partition coefficient (Wildman–Crippen LogP) is -0.726. The maximum Gasteiger partial charge on any atom is 0.247 e. The first kappa shape index (κ1) is 7.94. The standard InChI is InChI=1S/C5H9N2O2/c1-7(2)5(9)3-4(6)8/h6H,3H2,1-2H3. The van der Waals surface area contributed by atoms with Gasteiger partial charge in [-0.15, -0.1) is 0 Å². The molecule has 0 aliphatic rings. The molecule has 0 saturated heterocycles. The minimum atomic E-state index is -0.839. The van der Waals surface area contributed by atoms with Gasteiger partial charge in [0.1, 0.15) is 6.42 Å². The fraction of sp³-hybridized carbons (Fsp3) is 0.600.